The van der Waals surface area contributed by atoms with Crippen molar-refractivity contribution in [3.63, 3.8) is 0 Å². The first kappa shape index (κ1) is 16.4. The molecule has 1 N–H and O–H groups in total. The molecule has 1 saturated heterocycles. The number of hydrogen-bond donors (Lipinski definition) is 1. The first-order valence-electron chi connectivity index (χ1n) is 8.51. The van der Waals surface area contributed by atoms with Gasteiger partial charge in [0.15, 0.2) is 0 Å². The largest absolute Gasteiger partial charge is 0.492 e. The predicted molar refractivity (Wildman–Crippen MR) is 93.2 cm³/mol. The number of para-hydroxylation sites is 2. The number of nitrogens with zero attached hydrogens (tertiary/aromatic N) is 3. The minimum atomic E-state index is -0.0558. The maximum atomic E-state index is 12.5. The predicted octanol–water partition coefficient (Wildman–Crippen LogP) is 3.23. The van der Waals surface area contributed by atoms with E-state index >= 15 is 0 Å². The van der Waals surface area contributed by atoms with E-state index in [4.69, 9.17) is 4.74 Å². The van der Waals surface area contributed by atoms with Crippen LogP contribution in [0.5, 0.6) is 5.75 Å². The standard InChI is InChI=1S/C18H24N4O2/c1-2-24-17-7-4-3-6-16(17)20-18(23)21-12-8-15(9-13-21)14-22-11-5-10-19-22/h3-7,10-11,15H,2,8-9,12-14H2,1H3,(H,20,23). The first-order chi connectivity index (χ1) is 11.8. The molecule has 0 unspecified atom stereocenters. The molecule has 3 rings (SSSR count). The monoisotopic (exact) mass is 328 g/mol. The van der Waals surface area contributed by atoms with Gasteiger partial charge in [-0.15, -0.1) is 0 Å². The Morgan fingerprint density at radius 1 is 1.29 bits per heavy atom. The number of anilines is 1. The summed E-state index contributed by atoms with van der Waals surface area (Å²) in [5.74, 6) is 1.28. The van der Waals surface area contributed by atoms with Crippen LogP contribution in [0.2, 0.25) is 0 Å². The van der Waals surface area contributed by atoms with Gasteiger partial charge in [-0.3, -0.25) is 4.68 Å². The number of amides is 2. The number of aromatic nitrogens is 2. The molecule has 0 radical (unpaired) electrons. The minimum absolute atomic E-state index is 0.0558. The molecule has 2 aromatic rings. The molecule has 0 aliphatic carbocycles. The van der Waals surface area contributed by atoms with Crippen molar-refractivity contribution >= 4 is 11.7 Å². The zero-order valence-electron chi connectivity index (χ0n) is 14.0. The number of rotatable bonds is 5. The van der Waals surface area contributed by atoms with E-state index < -0.39 is 0 Å². The van der Waals surface area contributed by atoms with Crippen LogP contribution in [0.15, 0.2) is 42.7 Å². The Balaban J connectivity index is 1.52. The zero-order chi connectivity index (χ0) is 16.8. The van der Waals surface area contributed by atoms with E-state index in [-0.39, 0.29) is 6.03 Å². The summed E-state index contributed by atoms with van der Waals surface area (Å²) < 4.78 is 7.53. The van der Waals surface area contributed by atoms with Gasteiger partial charge in [0.2, 0.25) is 0 Å². The average molecular weight is 328 g/mol. The van der Waals surface area contributed by atoms with Gasteiger partial charge in [-0.25, -0.2) is 4.79 Å². The smallest absolute Gasteiger partial charge is 0.321 e. The topological polar surface area (TPSA) is 59.4 Å². The molecule has 1 aromatic carbocycles. The Hall–Kier alpha value is -2.50. The third-order valence-corrected chi connectivity index (χ3v) is 4.33. The fraction of sp³-hybridized carbons (Fsp3) is 0.444. The van der Waals surface area contributed by atoms with Crippen LogP contribution in [-0.2, 0) is 6.54 Å². The lowest BCUT2D eigenvalue weighted by atomic mass is 9.97. The van der Waals surface area contributed by atoms with Gasteiger partial charge in [-0.1, -0.05) is 12.1 Å². The molecule has 1 fully saturated rings. The maximum absolute atomic E-state index is 12.5. The lowest BCUT2D eigenvalue weighted by Crippen LogP contribution is -2.41. The van der Waals surface area contributed by atoms with Crippen LogP contribution in [0.25, 0.3) is 0 Å². The van der Waals surface area contributed by atoms with Crippen molar-refractivity contribution in [1.29, 1.82) is 0 Å². The SMILES string of the molecule is CCOc1ccccc1NC(=O)N1CCC(Cn2cccn2)CC1. The van der Waals surface area contributed by atoms with Crippen molar-refractivity contribution in [2.45, 2.75) is 26.3 Å². The van der Waals surface area contributed by atoms with Crippen LogP contribution < -0.4 is 10.1 Å². The van der Waals surface area contributed by atoms with Crippen molar-refractivity contribution in [1.82, 2.24) is 14.7 Å². The molecule has 2 heterocycles. The molecule has 0 spiro atoms. The molecule has 1 aliphatic heterocycles. The fourth-order valence-electron chi connectivity index (χ4n) is 3.04. The minimum Gasteiger partial charge on any atom is -0.492 e. The number of benzene rings is 1. The van der Waals surface area contributed by atoms with E-state index in [1.165, 1.54) is 0 Å². The van der Waals surface area contributed by atoms with E-state index in [2.05, 4.69) is 10.4 Å². The van der Waals surface area contributed by atoms with Crippen molar-refractivity contribution in [2.24, 2.45) is 5.92 Å². The van der Waals surface area contributed by atoms with E-state index in [9.17, 15) is 4.79 Å². The van der Waals surface area contributed by atoms with Crippen LogP contribution in [0.4, 0.5) is 10.5 Å². The van der Waals surface area contributed by atoms with Gasteiger partial charge in [0, 0.05) is 32.0 Å². The molecular weight excluding hydrogens is 304 g/mol. The number of likely N-dealkylation sites (tertiary alicyclic amines) is 1. The molecule has 1 aliphatic rings. The van der Waals surface area contributed by atoms with Crippen LogP contribution in [0.3, 0.4) is 0 Å². The number of nitrogens with one attached hydrogen (secondary N) is 1. The van der Waals surface area contributed by atoms with Crippen molar-refractivity contribution in [2.75, 3.05) is 25.0 Å². The highest BCUT2D eigenvalue weighted by atomic mass is 16.5. The Labute approximate surface area is 142 Å². The second kappa shape index (κ2) is 7.86. The summed E-state index contributed by atoms with van der Waals surface area (Å²) in [6.07, 6.45) is 5.79. The second-order valence-corrected chi connectivity index (χ2v) is 6.02. The number of urea groups is 1. The molecule has 128 valence electrons. The number of ether oxygens (including phenoxy) is 1. The van der Waals surface area contributed by atoms with Gasteiger partial charge in [0.05, 0.1) is 12.3 Å². The summed E-state index contributed by atoms with van der Waals surface area (Å²) in [5.41, 5.74) is 0.725. The maximum Gasteiger partial charge on any atom is 0.321 e. The van der Waals surface area contributed by atoms with Gasteiger partial charge in [-0.2, -0.15) is 5.10 Å². The highest BCUT2D eigenvalue weighted by Gasteiger charge is 2.23. The van der Waals surface area contributed by atoms with E-state index in [0.717, 1.165) is 38.2 Å². The molecule has 0 saturated carbocycles. The third kappa shape index (κ3) is 4.07. The fourth-order valence-corrected chi connectivity index (χ4v) is 3.04. The lowest BCUT2D eigenvalue weighted by Gasteiger charge is -2.32. The van der Waals surface area contributed by atoms with Crippen molar-refractivity contribution in [3.8, 4) is 5.75 Å². The van der Waals surface area contributed by atoms with Crippen molar-refractivity contribution in [3.05, 3.63) is 42.7 Å². The van der Waals surface area contributed by atoms with Gasteiger partial charge in [0.1, 0.15) is 5.75 Å². The molecule has 24 heavy (non-hydrogen) atoms. The number of piperidine rings is 1. The Kier molecular flexibility index (Phi) is 5.36. The molecule has 1 aromatic heterocycles. The van der Waals surface area contributed by atoms with Crippen LogP contribution in [-0.4, -0.2) is 40.4 Å². The number of carbonyl (C=O) groups excluding carboxylic acids is 1. The summed E-state index contributed by atoms with van der Waals surface area (Å²) >= 11 is 0. The molecule has 2 amide bonds. The van der Waals surface area contributed by atoms with E-state index in [1.807, 2.05) is 53.0 Å². The number of carbonyl (C=O) groups is 1. The molecule has 6 heteroatoms. The van der Waals surface area contributed by atoms with Crippen LogP contribution >= 0.6 is 0 Å². The van der Waals surface area contributed by atoms with Gasteiger partial charge in [-0.05, 0) is 43.9 Å². The van der Waals surface area contributed by atoms with Gasteiger partial charge >= 0.3 is 6.03 Å². The summed E-state index contributed by atoms with van der Waals surface area (Å²) in [6.45, 7) is 4.98. The lowest BCUT2D eigenvalue weighted by molar-refractivity contribution is 0.175. The molecular formula is C18H24N4O2. The van der Waals surface area contributed by atoms with E-state index in [0.29, 0.717) is 18.3 Å². The number of hydrogen-bond acceptors (Lipinski definition) is 3. The van der Waals surface area contributed by atoms with Gasteiger partial charge < -0.3 is 15.0 Å². The normalized spacial score (nSPS) is 15.3. The third-order valence-electron chi connectivity index (χ3n) is 4.33. The highest BCUT2D eigenvalue weighted by molar-refractivity contribution is 5.91. The summed E-state index contributed by atoms with van der Waals surface area (Å²) in [7, 11) is 0. The second-order valence-electron chi connectivity index (χ2n) is 6.02. The molecule has 6 nitrogen and oxygen atoms in total. The van der Waals surface area contributed by atoms with Crippen LogP contribution in [0.1, 0.15) is 19.8 Å². The van der Waals surface area contributed by atoms with Crippen LogP contribution in [0, 0.1) is 5.92 Å². The van der Waals surface area contributed by atoms with Crippen molar-refractivity contribution < 1.29 is 9.53 Å². The summed E-state index contributed by atoms with van der Waals surface area (Å²) in [6, 6.07) is 9.43. The summed E-state index contributed by atoms with van der Waals surface area (Å²) in [4.78, 5) is 14.4. The van der Waals surface area contributed by atoms with E-state index in [1.54, 1.807) is 6.20 Å². The molecule has 0 bridgehead atoms. The average Bonchev–Trinajstić information content (AvgIpc) is 3.10. The molecule has 0 atom stereocenters. The zero-order valence-corrected chi connectivity index (χ0v) is 14.0. The van der Waals surface area contributed by atoms with Gasteiger partial charge in [0.25, 0.3) is 0 Å². The Morgan fingerprint density at radius 2 is 2.08 bits per heavy atom. The Bertz CT molecular complexity index is 649. The quantitative estimate of drug-likeness (QED) is 0.917. The Morgan fingerprint density at radius 3 is 2.79 bits per heavy atom. The highest BCUT2D eigenvalue weighted by Crippen LogP contribution is 2.25. The summed E-state index contributed by atoms with van der Waals surface area (Å²) in [5, 5.41) is 7.23. The first-order valence-corrected chi connectivity index (χ1v) is 8.51.